The molecule has 2 rings (SSSR count). The SMILES string of the molecule is O=S(=O)(CCn1ccnc1)c1ccccc1F. The maximum atomic E-state index is 13.4. The van der Waals surface area contributed by atoms with Gasteiger partial charge in [0.05, 0.1) is 12.1 Å². The Labute approximate surface area is 98.6 Å². The molecule has 0 aliphatic heterocycles. The van der Waals surface area contributed by atoms with Crippen molar-refractivity contribution in [3.8, 4) is 0 Å². The van der Waals surface area contributed by atoms with Crippen molar-refractivity contribution in [2.45, 2.75) is 11.4 Å². The molecule has 0 aliphatic rings. The summed E-state index contributed by atoms with van der Waals surface area (Å²) >= 11 is 0. The second kappa shape index (κ2) is 4.67. The summed E-state index contributed by atoms with van der Waals surface area (Å²) in [6, 6.07) is 5.39. The van der Waals surface area contributed by atoms with Gasteiger partial charge in [0.15, 0.2) is 9.84 Å². The molecule has 0 spiro atoms. The molecule has 0 saturated heterocycles. The maximum absolute atomic E-state index is 13.4. The van der Waals surface area contributed by atoms with E-state index in [0.29, 0.717) is 0 Å². The Hall–Kier alpha value is -1.69. The molecule has 0 N–H and O–H groups in total. The van der Waals surface area contributed by atoms with Crippen molar-refractivity contribution in [3.63, 3.8) is 0 Å². The number of imidazole rings is 1. The monoisotopic (exact) mass is 254 g/mol. The number of rotatable bonds is 4. The topological polar surface area (TPSA) is 52.0 Å². The van der Waals surface area contributed by atoms with Gasteiger partial charge in [0.25, 0.3) is 0 Å². The lowest BCUT2D eigenvalue weighted by molar-refractivity contribution is 0.562. The molecule has 90 valence electrons. The van der Waals surface area contributed by atoms with Crippen molar-refractivity contribution in [3.05, 3.63) is 48.8 Å². The van der Waals surface area contributed by atoms with Gasteiger partial charge >= 0.3 is 0 Å². The van der Waals surface area contributed by atoms with Crippen LogP contribution in [0.2, 0.25) is 0 Å². The summed E-state index contributed by atoms with van der Waals surface area (Å²) in [5.41, 5.74) is 0. The number of nitrogens with zero attached hydrogens (tertiary/aromatic N) is 2. The molecule has 1 aromatic carbocycles. The number of aromatic nitrogens is 2. The van der Waals surface area contributed by atoms with Crippen molar-refractivity contribution in [1.29, 1.82) is 0 Å². The Balaban J connectivity index is 2.17. The molecule has 0 unspecified atom stereocenters. The van der Waals surface area contributed by atoms with E-state index >= 15 is 0 Å². The van der Waals surface area contributed by atoms with Crippen LogP contribution >= 0.6 is 0 Å². The first-order chi connectivity index (χ1) is 8.09. The van der Waals surface area contributed by atoms with Gasteiger partial charge in [0.2, 0.25) is 0 Å². The number of benzene rings is 1. The first-order valence-electron chi connectivity index (χ1n) is 5.02. The van der Waals surface area contributed by atoms with E-state index in [1.54, 1.807) is 17.0 Å². The quantitative estimate of drug-likeness (QED) is 0.830. The van der Waals surface area contributed by atoms with Crippen molar-refractivity contribution in [1.82, 2.24) is 9.55 Å². The summed E-state index contributed by atoms with van der Waals surface area (Å²) in [5, 5.41) is 0. The molecule has 0 fully saturated rings. The van der Waals surface area contributed by atoms with Gasteiger partial charge in [0.1, 0.15) is 10.7 Å². The summed E-state index contributed by atoms with van der Waals surface area (Å²) in [6.07, 6.45) is 4.75. The van der Waals surface area contributed by atoms with Crippen LogP contribution in [0.5, 0.6) is 0 Å². The highest BCUT2D eigenvalue weighted by Gasteiger charge is 2.18. The van der Waals surface area contributed by atoms with Crippen LogP contribution in [0.4, 0.5) is 4.39 Å². The van der Waals surface area contributed by atoms with Crippen LogP contribution in [-0.2, 0) is 16.4 Å². The summed E-state index contributed by atoms with van der Waals surface area (Å²) < 4.78 is 38.7. The third-order valence-corrected chi connectivity index (χ3v) is 4.07. The lowest BCUT2D eigenvalue weighted by Crippen LogP contribution is -2.13. The zero-order valence-corrected chi connectivity index (χ0v) is 9.77. The Bertz CT molecular complexity index is 594. The first-order valence-corrected chi connectivity index (χ1v) is 6.68. The minimum atomic E-state index is -3.59. The minimum Gasteiger partial charge on any atom is -0.336 e. The van der Waals surface area contributed by atoms with Crippen LogP contribution in [0.15, 0.2) is 47.9 Å². The molecule has 0 amide bonds. The van der Waals surface area contributed by atoms with Gasteiger partial charge in [-0.1, -0.05) is 12.1 Å². The highest BCUT2D eigenvalue weighted by atomic mass is 32.2. The van der Waals surface area contributed by atoms with E-state index in [4.69, 9.17) is 0 Å². The maximum Gasteiger partial charge on any atom is 0.183 e. The van der Waals surface area contributed by atoms with Crippen LogP contribution in [0.25, 0.3) is 0 Å². The fourth-order valence-electron chi connectivity index (χ4n) is 1.45. The zero-order chi connectivity index (χ0) is 12.3. The number of halogens is 1. The van der Waals surface area contributed by atoms with Gasteiger partial charge in [-0.15, -0.1) is 0 Å². The van der Waals surface area contributed by atoms with Gasteiger partial charge in [0, 0.05) is 18.9 Å². The van der Waals surface area contributed by atoms with E-state index in [-0.39, 0.29) is 17.2 Å². The molecule has 0 bridgehead atoms. The summed E-state index contributed by atoms with van der Waals surface area (Å²) in [7, 11) is -3.59. The molecular formula is C11H11FN2O2S. The smallest absolute Gasteiger partial charge is 0.183 e. The molecule has 0 saturated carbocycles. The number of hydrogen-bond donors (Lipinski definition) is 0. The number of sulfone groups is 1. The molecule has 0 aliphatic carbocycles. The predicted molar refractivity (Wildman–Crippen MR) is 60.7 cm³/mol. The van der Waals surface area contributed by atoms with Crippen LogP contribution in [0.1, 0.15) is 0 Å². The van der Waals surface area contributed by atoms with E-state index in [1.165, 1.54) is 24.5 Å². The van der Waals surface area contributed by atoms with E-state index in [1.807, 2.05) is 0 Å². The molecule has 1 heterocycles. The lowest BCUT2D eigenvalue weighted by Gasteiger charge is -2.05. The van der Waals surface area contributed by atoms with Crippen LogP contribution in [-0.4, -0.2) is 23.7 Å². The molecular weight excluding hydrogens is 243 g/mol. The second-order valence-electron chi connectivity index (χ2n) is 3.55. The highest BCUT2D eigenvalue weighted by molar-refractivity contribution is 7.91. The standard InChI is InChI=1S/C11H11FN2O2S/c12-10-3-1-2-4-11(10)17(15,16)8-7-14-6-5-13-9-14/h1-6,9H,7-8H2. The summed E-state index contributed by atoms with van der Waals surface area (Å²) in [4.78, 5) is 3.56. The normalized spacial score (nSPS) is 11.6. The predicted octanol–water partition coefficient (Wildman–Crippen LogP) is 1.50. The van der Waals surface area contributed by atoms with Crippen molar-refractivity contribution >= 4 is 9.84 Å². The number of hydrogen-bond acceptors (Lipinski definition) is 3. The van der Waals surface area contributed by atoms with Crippen molar-refractivity contribution < 1.29 is 12.8 Å². The largest absolute Gasteiger partial charge is 0.336 e. The Morgan fingerprint density at radius 3 is 2.71 bits per heavy atom. The third-order valence-electron chi connectivity index (χ3n) is 2.35. The third kappa shape index (κ3) is 2.71. The van der Waals surface area contributed by atoms with Gasteiger partial charge < -0.3 is 4.57 Å². The molecule has 17 heavy (non-hydrogen) atoms. The van der Waals surface area contributed by atoms with Gasteiger partial charge in [-0.3, -0.25) is 0 Å². The summed E-state index contributed by atoms with van der Waals surface area (Å²) in [6.45, 7) is 0.261. The van der Waals surface area contributed by atoms with Crippen LogP contribution in [0.3, 0.4) is 0 Å². The van der Waals surface area contributed by atoms with Crippen molar-refractivity contribution in [2.75, 3.05) is 5.75 Å². The van der Waals surface area contributed by atoms with Crippen LogP contribution < -0.4 is 0 Å². The van der Waals surface area contributed by atoms with Gasteiger partial charge in [-0.25, -0.2) is 17.8 Å². The molecule has 0 atom stereocenters. The average Bonchev–Trinajstić information content (AvgIpc) is 2.80. The van der Waals surface area contributed by atoms with E-state index in [2.05, 4.69) is 4.98 Å². The fourth-order valence-corrected chi connectivity index (χ4v) is 2.77. The zero-order valence-electron chi connectivity index (χ0n) is 8.95. The van der Waals surface area contributed by atoms with Crippen LogP contribution in [0, 0.1) is 5.82 Å². The first kappa shape index (κ1) is 11.8. The molecule has 0 radical (unpaired) electrons. The van der Waals surface area contributed by atoms with E-state index < -0.39 is 15.7 Å². The second-order valence-corrected chi connectivity index (χ2v) is 5.63. The molecule has 1 aromatic heterocycles. The lowest BCUT2D eigenvalue weighted by atomic mass is 10.3. The van der Waals surface area contributed by atoms with Gasteiger partial charge in [-0.2, -0.15) is 0 Å². The average molecular weight is 254 g/mol. The molecule has 4 nitrogen and oxygen atoms in total. The Kier molecular flexibility index (Phi) is 3.23. The summed E-state index contributed by atoms with van der Waals surface area (Å²) in [5.74, 6) is -0.859. The Morgan fingerprint density at radius 2 is 2.06 bits per heavy atom. The van der Waals surface area contributed by atoms with Gasteiger partial charge in [-0.05, 0) is 12.1 Å². The van der Waals surface area contributed by atoms with E-state index in [9.17, 15) is 12.8 Å². The Morgan fingerprint density at radius 1 is 1.29 bits per heavy atom. The number of aryl methyl sites for hydroxylation is 1. The van der Waals surface area contributed by atoms with Crippen molar-refractivity contribution in [2.24, 2.45) is 0 Å². The fraction of sp³-hybridized carbons (Fsp3) is 0.182. The molecule has 2 aromatic rings. The highest BCUT2D eigenvalue weighted by Crippen LogP contribution is 2.15. The molecule has 6 heteroatoms. The minimum absolute atomic E-state index is 0.149. The van der Waals surface area contributed by atoms with E-state index in [0.717, 1.165) is 6.07 Å².